The SMILES string of the molecule is CCC(N)CCC(N)C1CCC1(C(=O)O)C(=O)O.[Pt]. The molecule has 1 rings (SSSR count). The van der Waals surface area contributed by atoms with Crippen molar-refractivity contribution in [2.24, 2.45) is 22.8 Å². The second-order valence-electron chi connectivity index (χ2n) is 5.14. The molecule has 0 spiro atoms. The molecule has 0 aromatic heterocycles. The van der Waals surface area contributed by atoms with Gasteiger partial charge in [0, 0.05) is 39.1 Å². The average molecular weight is 453 g/mol. The van der Waals surface area contributed by atoms with E-state index in [4.69, 9.17) is 21.7 Å². The van der Waals surface area contributed by atoms with Crippen LogP contribution in [0.5, 0.6) is 0 Å². The Morgan fingerprint density at radius 2 is 1.79 bits per heavy atom. The minimum absolute atomic E-state index is 0. The van der Waals surface area contributed by atoms with E-state index in [0.29, 0.717) is 19.3 Å². The molecular weight excluding hydrogens is 431 g/mol. The molecule has 1 aliphatic carbocycles. The van der Waals surface area contributed by atoms with Crippen LogP contribution in [0.1, 0.15) is 39.0 Å². The number of rotatable bonds is 7. The molecule has 1 aliphatic rings. The Hall–Kier alpha value is -0.452. The van der Waals surface area contributed by atoms with Crippen LogP contribution in [0.15, 0.2) is 0 Å². The van der Waals surface area contributed by atoms with E-state index < -0.39 is 29.3 Å². The zero-order chi connectivity index (χ0) is 13.9. The summed E-state index contributed by atoms with van der Waals surface area (Å²) in [6, 6.07) is -0.372. The summed E-state index contributed by atoms with van der Waals surface area (Å²) < 4.78 is 0. The van der Waals surface area contributed by atoms with Crippen molar-refractivity contribution in [2.75, 3.05) is 0 Å². The van der Waals surface area contributed by atoms with Crippen LogP contribution in [0.4, 0.5) is 0 Å². The molecule has 0 bridgehead atoms. The Kier molecular flexibility index (Phi) is 7.19. The Morgan fingerprint density at radius 1 is 1.26 bits per heavy atom. The standard InChI is InChI=1S/C12H22N2O4.Pt/c1-2-7(13)3-4-9(14)8-5-6-12(8,10(15)16)11(17)18;/h7-9H,2-6,13-14H2,1H3,(H,15,16)(H,17,18);. The van der Waals surface area contributed by atoms with Gasteiger partial charge in [-0.05, 0) is 32.1 Å². The predicted molar refractivity (Wildman–Crippen MR) is 65.9 cm³/mol. The maximum absolute atomic E-state index is 11.2. The van der Waals surface area contributed by atoms with Gasteiger partial charge in [0.2, 0.25) is 0 Å². The van der Waals surface area contributed by atoms with Crippen LogP contribution in [-0.4, -0.2) is 34.2 Å². The van der Waals surface area contributed by atoms with Gasteiger partial charge in [-0.1, -0.05) is 6.92 Å². The Labute approximate surface area is 127 Å². The van der Waals surface area contributed by atoms with Gasteiger partial charge in [-0.25, -0.2) is 0 Å². The van der Waals surface area contributed by atoms with Gasteiger partial charge in [-0.2, -0.15) is 0 Å². The van der Waals surface area contributed by atoms with Gasteiger partial charge in [0.15, 0.2) is 5.41 Å². The zero-order valence-corrected chi connectivity index (χ0v) is 13.2. The van der Waals surface area contributed by atoms with E-state index in [9.17, 15) is 9.59 Å². The van der Waals surface area contributed by atoms with Gasteiger partial charge < -0.3 is 21.7 Å². The Bertz CT molecular complexity index is 324. The number of hydrogen-bond donors (Lipinski definition) is 4. The fourth-order valence-corrected chi connectivity index (χ4v) is 2.61. The molecule has 1 saturated carbocycles. The van der Waals surface area contributed by atoms with E-state index in [2.05, 4.69) is 0 Å². The van der Waals surface area contributed by atoms with Crippen molar-refractivity contribution < 1.29 is 40.9 Å². The minimum Gasteiger partial charge on any atom is -0.480 e. The van der Waals surface area contributed by atoms with E-state index in [-0.39, 0.29) is 33.5 Å². The summed E-state index contributed by atoms with van der Waals surface area (Å²) in [7, 11) is 0. The van der Waals surface area contributed by atoms with Crippen LogP contribution in [0, 0.1) is 11.3 Å². The molecule has 0 amide bonds. The Balaban J connectivity index is 0.00000324. The normalized spacial score (nSPS) is 23.6. The maximum Gasteiger partial charge on any atom is 0.321 e. The first kappa shape index (κ1) is 18.5. The van der Waals surface area contributed by atoms with Gasteiger partial charge in [-0.3, -0.25) is 9.59 Å². The first-order chi connectivity index (χ1) is 8.36. The zero-order valence-electron chi connectivity index (χ0n) is 10.9. The summed E-state index contributed by atoms with van der Waals surface area (Å²) in [6.07, 6.45) is 2.82. The minimum atomic E-state index is -1.68. The van der Waals surface area contributed by atoms with Crippen molar-refractivity contribution in [3.63, 3.8) is 0 Å². The average Bonchev–Trinajstić information content (AvgIpc) is 2.23. The monoisotopic (exact) mass is 453 g/mol. The summed E-state index contributed by atoms with van der Waals surface area (Å²) in [6.45, 7) is 1.97. The second-order valence-corrected chi connectivity index (χ2v) is 5.14. The quantitative estimate of drug-likeness (QED) is 0.414. The smallest absolute Gasteiger partial charge is 0.321 e. The van der Waals surface area contributed by atoms with E-state index in [1.807, 2.05) is 6.92 Å². The van der Waals surface area contributed by atoms with Crippen molar-refractivity contribution in [1.29, 1.82) is 0 Å². The van der Waals surface area contributed by atoms with E-state index in [1.54, 1.807) is 0 Å². The fourth-order valence-electron chi connectivity index (χ4n) is 2.61. The van der Waals surface area contributed by atoms with Crippen molar-refractivity contribution in [2.45, 2.75) is 51.1 Å². The van der Waals surface area contributed by atoms with Gasteiger partial charge in [0.1, 0.15) is 0 Å². The van der Waals surface area contributed by atoms with Crippen molar-refractivity contribution in [3.8, 4) is 0 Å². The van der Waals surface area contributed by atoms with Gasteiger partial charge >= 0.3 is 11.9 Å². The van der Waals surface area contributed by atoms with Crippen LogP contribution in [0.25, 0.3) is 0 Å². The molecule has 6 nitrogen and oxygen atoms in total. The number of carboxylic acid groups (broad SMARTS) is 2. The molecule has 0 aliphatic heterocycles. The molecule has 6 N–H and O–H groups in total. The van der Waals surface area contributed by atoms with Gasteiger partial charge in [0.25, 0.3) is 0 Å². The summed E-state index contributed by atoms with van der Waals surface area (Å²) >= 11 is 0. The number of carbonyl (C=O) groups is 2. The van der Waals surface area contributed by atoms with E-state index >= 15 is 0 Å². The van der Waals surface area contributed by atoms with Gasteiger partial charge in [-0.15, -0.1) is 0 Å². The molecule has 19 heavy (non-hydrogen) atoms. The molecule has 114 valence electrons. The summed E-state index contributed by atoms with van der Waals surface area (Å²) in [5, 5.41) is 18.3. The van der Waals surface area contributed by atoms with Crippen LogP contribution < -0.4 is 11.5 Å². The number of carboxylic acids is 2. The van der Waals surface area contributed by atoms with Crippen LogP contribution in [0.2, 0.25) is 0 Å². The summed E-state index contributed by atoms with van der Waals surface area (Å²) in [5.41, 5.74) is 10.0. The van der Waals surface area contributed by atoms with Crippen LogP contribution in [0.3, 0.4) is 0 Å². The summed E-state index contributed by atoms with van der Waals surface area (Å²) in [4.78, 5) is 22.4. The summed E-state index contributed by atoms with van der Waals surface area (Å²) in [5.74, 6) is -3.04. The maximum atomic E-state index is 11.2. The molecule has 1 fully saturated rings. The molecule has 0 aromatic rings. The Morgan fingerprint density at radius 3 is 2.11 bits per heavy atom. The molecule has 7 heteroatoms. The molecule has 0 heterocycles. The molecule has 0 radical (unpaired) electrons. The van der Waals surface area contributed by atoms with Crippen molar-refractivity contribution >= 4 is 11.9 Å². The fraction of sp³-hybridized carbons (Fsp3) is 0.833. The molecule has 0 saturated heterocycles. The van der Waals surface area contributed by atoms with Crippen molar-refractivity contribution in [3.05, 3.63) is 0 Å². The number of nitrogens with two attached hydrogens (primary N) is 2. The largest absolute Gasteiger partial charge is 0.480 e. The molecule has 0 aromatic carbocycles. The number of aliphatic carboxylic acids is 2. The van der Waals surface area contributed by atoms with Crippen molar-refractivity contribution in [1.82, 2.24) is 0 Å². The topological polar surface area (TPSA) is 127 Å². The van der Waals surface area contributed by atoms with Gasteiger partial charge in [0.05, 0.1) is 0 Å². The third kappa shape index (κ3) is 3.55. The third-order valence-corrected chi connectivity index (χ3v) is 4.16. The predicted octanol–water partition coefficient (Wildman–Crippen LogP) is 0.394. The van der Waals surface area contributed by atoms with Crippen LogP contribution in [-0.2, 0) is 30.7 Å². The molecule has 3 unspecified atom stereocenters. The first-order valence-corrected chi connectivity index (χ1v) is 6.34. The molecular formula is C12H22N2O4Pt. The number of hydrogen-bond acceptors (Lipinski definition) is 4. The van der Waals surface area contributed by atoms with E-state index in [0.717, 1.165) is 6.42 Å². The van der Waals surface area contributed by atoms with Crippen LogP contribution >= 0.6 is 0 Å². The second kappa shape index (κ2) is 7.36. The third-order valence-electron chi connectivity index (χ3n) is 4.16. The first-order valence-electron chi connectivity index (χ1n) is 6.34. The molecule has 3 atom stereocenters. The van der Waals surface area contributed by atoms with E-state index in [1.165, 1.54) is 0 Å².